The van der Waals surface area contributed by atoms with Crippen LogP contribution in [0.25, 0.3) is 10.9 Å². The zero-order valence-corrected chi connectivity index (χ0v) is 15.3. The highest BCUT2D eigenvalue weighted by Crippen LogP contribution is 2.19. The van der Waals surface area contributed by atoms with Crippen molar-refractivity contribution in [2.45, 2.75) is 13.0 Å². The topological polar surface area (TPSA) is 93.5 Å². The molecule has 1 aromatic heterocycles. The van der Waals surface area contributed by atoms with Crippen molar-refractivity contribution in [3.8, 4) is 0 Å². The van der Waals surface area contributed by atoms with Crippen molar-refractivity contribution in [2.24, 2.45) is 7.05 Å². The molecule has 0 unspecified atom stereocenters. The normalized spacial score (nSPS) is 19.2. The molecule has 1 N–H and O–H groups in total. The summed E-state index contributed by atoms with van der Waals surface area (Å²) in [5, 5.41) is 7.90. The van der Waals surface area contributed by atoms with Gasteiger partial charge in [0.2, 0.25) is 10.0 Å². The molecule has 8 nitrogen and oxygen atoms in total. The smallest absolute Gasteiger partial charge is 0.272 e. The van der Waals surface area contributed by atoms with Crippen LogP contribution in [-0.2, 0) is 21.8 Å². The lowest BCUT2D eigenvalue weighted by molar-refractivity contribution is 0.000417. The van der Waals surface area contributed by atoms with E-state index in [1.165, 1.54) is 10.6 Å². The minimum Gasteiger partial charge on any atom is -0.374 e. The Morgan fingerprint density at radius 1 is 1.44 bits per heavy atom. The van der Waals surface area contributed by atoms with Crippen molar-refractivity contribution in [1.29, 1.82) is 0 Å². The molecule has 0 radical (unpaired) electrons. The van der Waals surface area contributed by atoms with Crippen LogP contribution in [-0.4, -0.2) is 67.0 Å². The van der Waals surface area contributed by atoms with Crippen molar-refractivity contribution in [3.05, 3.63) is 29.5 Å². The Hall–Kier alpha value is -1.97. The number of nitrogens with zero attached hydrogens (tertiary/aromatic N) is 3. The van der Waals surface area contributed by atoms with Gasteiger partial charge in [-0.2, -0.15) is 9.40 Å². The van der Waals surface area contributed by atoms with Gasteiger partial charge in [-0.3, -0.25) is 9.48 Å². The van der Waals surface area contributed by atoms with E-state index in [2.05, 4.69) is 10.4 Å². The van der Waals surface area contributed by atoms with Gasteiger partial charge in [0.1, 0.15) is 0 Å². The number of carbonyl (C=O) groups excluding carboxylic acids is 1. The molecule has 1 amide bonds. The van der Waals surface area contributed by atoms with Crippen LogP contribution in [0.3, 0.4) is 0 Å². The molecule has 0 saturated carbocycles. The van der Waals surface area contributed by atoms with E-state index in [-0.39, 0.29) is 25.1 Å². The highest BCUT2D eigenvalue weighted by atomic mass is 32.2. The van der Waals surface area contributed by atoms with Gasteiger partial charge in [0.25, 0.3) is 5.91 Å². The number of amides is 1. The highest BCUT2D eigenvalue weighted by molar-refractivity contribution is 7.88. The maximum atomic E-state index is 12.5. The molecule has 9 heteroatoms. The van der Waals surface area contributed by atoms with Gasteiger partial charge in [-0.15, -0.1) is 0 Å². The van der Waals surface area contributed by atoms with E-state index in [1.54, 1.807) is 11.7 Å². The summed E-state index contributed by atoms with van der Waals surface area (Å²) in [6, 6.07) is 5.84. The van der Waals surface area contributed by atoms with Crippen LogP contribution >= 0.6 is 0 Å². The van der Waals surface area contributed by atoms with E-state index in [1.807, 2.05) is 25.1 Å². The van der Waals surface area contributed by atoms with E-state index in [9.17, 15) is 13.2 Å². The van der Waals surface area contributed by atoms with Crippen LogP contribution in [0.4, 0.5) is 0 Å². The van der Waals surface area contributed by atoms with Crippen LogP contribution in [0.2, 0.25) is 0 Å². The van der Waals surface area contributed by atoms with Gasteiger partial charge in [0.05, 0.1) is 24.5 Å². The number of ether oxygens (including phenoxy) is 1. The van der Waals surface area contributed by atoms with Crippen LogP contribution in [0.15, 0.2) is 18.2 Å². The molecule has 25 heavy (non-hydrogen) atoms. The Kier molecular flexibility index (Phi) is 4.81. The fourth-order valence-electron chi connectivity index (χ4n) is 2.95. The molecule has 3 rings (SSSR count). The van der Waals surface area contributed by atoms with Gasteiger partial charge in [-0.25, -0.2) is 8.42 Å². The molecule has 1 atom stereocenters. The van der Waals surface area contributed by atoms with Crippen LogP contribution in [0.5, 0.6) is 0 Å². The van der Waals surface area contributed by atoms with Gasteiger partial charge in [-0.1, -0.05) is 11.6 Å². The lowest BCUT2D eigenvalue weighted by Crippen LogP contribution is -2.49. The summed E-state index contributed by atoms with van der Waals surface area (Å²) in [6.45, 7) is 3.09. The first kappa shape index (κ1) is 17.8. The zero-order valence-electron chi connectivity index (χ0n) is 14.5. The number of nitrogens with one attached hydrogen (secondary N) is 1. The van der Waals surface area contributed by atoms with Gasteiger partial charge in [0, 0.05) is 32.1 Å². The minimum atomic E-state index is -3.25. The summed E-state index contributed by atoms with van der Waals surface area (Å²) in [5.41, 5.74) is 2.29. The number of aryl methyl sites for hydroxylation is 2. The van der Waals surface area contributed by atoms with Gasteiger partial charge in [-0.05, 0) is 19.1 Å². The Morgan fingerprint density at radius 3 is 2.92 bits per heavy atom. The molecule has 1 fully saturated rings. The van der Waals surface area contributed by atoms with Gasteiger partial charge < -0.3 is 10.1 Å². The first-order chi connectivity index (χ1) is 11.8. The molecule has 1 saturated heterocycles. The standard InChI is InChI=1S/C16H22N4O4S/c1-11-4-5-14-13(8-11)15(18-19(14)2)16(21)17-9-12-10-20(6-7-24-12)25(3,22)23/h4-5,8,12H,6-7,9-10H2,1-3H3,(H,17,21)/t12-/m0/s1. The van der Waals surface area contributed by atoms with E-state index in [0.717, 1.165) is 16.5 Å². The molecular formula is C16H22N4O4S. The number of benzene rings is 1. The number of carbonyl (C=O) groups is 1. The predicted molar refractivity (Wildman–Crippen MR) is 93.9 cm³/mol. The molecule has 1 aromatic carbocycles. The van der Waals surface area contributed by atoms with Gasteiger partial charge in [0.15, 0.2) is 5.69 Å². The van der Waals surface area contributed by atoms with Crippen molar-refractivity contribution in [2.75, 3.05) is 32.5 Å². The van der Waals surface area contributed by atoms with E-state index < -0.39 is 10.0 Å². The quantitative estimate of drug-likeness (QED) is 0.838. The molecule has 2 aromatic rings. The van der Waals surface area contributed by atoms with E-state index in [0.29, 0.717) is 18.8 Å². The summed E-state index contributed by atoms with van der Waals surface area (Å²) < 4.78 is 31.9. The molecule has 2 heterocycles. The number of morpholine rings is 1. The average Bonchev–Trinajstić information content (AvgIpc) is 2.88. The second-order valence-corrected chi connectivity index (χ2v) is 8.30. The molecule has 1 aliphatic heterocycles. The second-order valence-electron chi connectivity index (χ2n) is 6.32. The monoisotopic (exact) mass is 366 g/mol. The Labute approximate surface area is 146 Å². The van der Waals surface area contributed by atoms with Gasteiger partial charge >= 0.3 is 0 Å². The fourth-order valence-corrected chi connectivity index (χ4v) is 3.80. The fraction of sp³-hybridized carbons (Fsp3) is 0.500. The predicted octanol–water partition coefficient (Wildman–Crippen LogP) is 0.272. The minimum absolute atomic E-state index is 0.231. The first-order valence-electron chi connectivity index (χ1n) is 8.04. The maximum Gasteiger partial charge on any atom is 0.272 e. The lowest BCUT2D eigenvalue weighted by Gasteiger charge is -2.31. The first-order valence-corrected chi connectivity index (χ1v) is 9.89. The molecule has 0 spiro atoms. The van der Waals surface area contributed by atoms with Crippen molar-refractivity contribution in [3.63, 3.8) is 0 Å². The van der Waals surface area contributed by atoms with E-state index >= 15 is 0 Å². The third kappa shape index (κ3) is 3.83. The highest BCUT2D eigenvalue weighted by Gasteiger charge is 2.27. The van der Waals surface area contributed by atoms with Crippen LogP contribution < -0.4 is 5.32 Å². The summed E-state index contributed by atoms with van der Waals surface area (Å²) >= 11 is 0. The SMILES string of the molecule is Cc1ccc2c(c1)c(C(=O)NC[C@H]1CN(S(C)(=O)=O)CCO1)nn2C. The summed E-state index contributed by atoms with van der Waals surface area (Å²) in [5.74, 6) is -0.295. The van der Waals surface area contributed by atoms with Crippen LogP contribution in [0, 0.1) is 6.92 Å². The lowest BCUT2D eigenvalue weighted by atomic mass is 10.1. The zero-order chi connectivity index (χ0) is 18.2. The molecule has 0 aliphatic carbocycles. The average molecular weight is 366 g/mol. The molecule has 0 bridgehead atoms. The summed E-state index contributed by atoms with van der Waals surface area (Å²) in [4.78, 5) is 12.5. The largest absolute Gasteiger partial charge is 0.374 e. The maximum absolute atomic E-state index is 12.5. The number of aromatic nitrogens is 2. The summed E-state index contributed by atoms with van der Waals surface area (Å²) in [7, 11) is -1.46. The molecular weight excluding hydrogens is 344 g/mol. The summed E-state index contributed by atoms with van der Waals surface area (Å²) in [6.07, 6.45) is 0.806. The van der Waals surface area contributed by atoms with Crippen molar-refractivity contribution < 1.29 is 17.9 Å². The van der Waals surface area contributed by atoms with Crippen LogP contribution in [0.1, 0.15) is 16.1 Å². The van der Waals surface area contributed by atoms with E-state index in [4.69, 9.17) is 4.74 Å². The number of hydrogen-bond acceptors (Lipinski definition) is 5. The molecule has 1 aliphatic rings. The number of hydrogen-bond donors (Lipinski definition) is 1. The molecule has 136 valence electrons. The number of sulfonamides is 1. The third-order valence-electron chi connectivity index (χ3n) is 4.28. The Morgan fingerprint density at radius 2 is 2.20 bits per heavy atom. The van der Waals surface area contributed by atoms with Crippen molar-refractivity contribution in [1.82, 2.24) is 19.4 Å². The number of fused-ring (bicyclic) bond motifs is 1. The Balaban J connectivity index is 1.70. The third-order valence-corrected chi connectivity index (χ3v) is 5.55. The second kappa shape index (κ2) is 6.74. The Bertz CT molecular complexity index is 906. The van der Waals surface area contributed by atoms with Crippen molar-refractivity contribution >= 4 is 26.8 Å². The number of rotatable bonds is 4.